The van der Waals surface area contributed by atoms with Crippen molar-refractivity contribution < 1.29 is 4.79 Å². The first-order valence-corrected chi connectivity index (χ1v) is 4.29. The van der Waals surface area contributed by atoms with Crippen LogP contribution >= 0.6 is 12.4 Å². The molecule has 0 aliphatic rings. The molecular formula is C10H14ClN3O. The van der Waals surface area contributed by atoms with Crippen molar-refractivity contribution in [2.45, 2.75) is 13.8 Å². The first-order chi connectivity index (χ1) is 6.63. The topological polar surface area (TPSA) is 68.0 Å². The van der Waals surface area contributed by atoms with Crippen molar-refractivity contribution in [3.63, 3.8) is 0 Å². The number of hydrogen-bond donors (Lipinski definition) is 2. The van der Waals surface area contributed by atoms with Crippen LogP contribution in [0.2, 0.25) is 0 Å². The number of nitrogens with one attached hydrogen (secondary N) is 1. The van der Waals surface area contributed by atoms with Gasteiger partial charge in [0, 0.05) is 5.57 Å². The third-order valence-corrected chi connectivity index (χ3v) is 1.84. The van der Waals surface area contributed by atoms with Gasteiger partial charge in [0.25, 0.3) is 5.91 Å². The number of nitrogens with zero attached hydrogens (tertiary/aromatic N) is 1. The van der Waals surface area contributed by atoms with Crippen LogP contribution in [-0.2, 0) is 4.79 Å². The van der Waals surface area contributed by atoms with Crippen LogP contribution in [0.4, 0.5) is 11.5 Å². The Labute approximate surface area is 95.0 Å². The normalized spacial score (nSPS) is 10.4. The highest BCUT2D eigenvalue weighted by molar-refractivity contribution is 6.03. The molecule has 1 rings (SSSR count). The third-order valence-electron chi connectivity index (χ3n) is 1.84. The van der Waals surface area contributed by atoms with Gasteiger partial charge >= 0.3 is 0 Å². The standard InChI is InChI=1S/C10H13N3O.ClH/c1-3-7(2)10(14)13-8-4-5-9(11)12-6-8;/h3-6H,1-2H3,(H2,11,12)(H,13,14);1H/b7-3-;. The number of nitrogen functional groups attached to an aromatic ring is 1. The van der Waals surface area contributed by atoms with Crippen LogP contribution in [0.3, 0.4) is 0 Å². The summed E-state index contributed by atoms with van der Waals surface area (Å²) < 4.78 is 0. The summed E-state index contributed by atoms with van der Waals surface area (Å²) in [5, 5.41) is 2.69. The highest BCUT2D eigenvalue weighted by Crippen LogP contribution is 2.08. The molecule has 0 bridgehead atoms. The summed E-state index contributed by atoms with van der Waals surface area (Å²) in [6.45, 7) is 3.57. The lowest BCUT2D eigenvalue weighted by Crippen LogP contribution is -2.12. The van der Waals surface area contributed by atoms with Gasteiger partial charge in [-0.05, 0) is 26.0 Å². The molecule has 0 unspecified atom stereocenters. The van der Waals surface area contributed by atoms with Gasteiger partial charge in [0.1, 0.15) is 5.82 Å². The Morgan fingerprint density at radius 2 is 2.20 bits per heavy atom. The van der Waals surface area contributed by atoms with E-state index in [4.69, 9.17) is 5.73 Å². The smallest absolute Gasteiger partial charge is 0.251 e. The SMILES string of the molecule is C/C=C(/C)C(=O)Nc1ccc(N)nc1.Cl. The molecule has 82 valence electrons. The number of hydrogen-bond acceptors (Lipinski definition) is 3. The van der Waals surface area contributed by atoms with Crippen LogP contribution in [0.5, 0.6) is 0 Å². The predicted octanol–water partition coefficient (Wildman–Crippen LogP) is 1.99. The van der Waals surface area contributed by atoms with Crippen LogP contribution in [-0.4, -0.2) is 10.9 Å². The molecule has 0 aromatic carbocycles. The van der Waals surface area contributed by atoms with E-state index in [-0.39, 0.29) is 18.3 Å². The van der Waals surface area contributed by atoms with Gasteiger partial charge in [0.2, 0.25) is 0 Å². The number of anilines is 2. The first-order valence-electron chi connectivity index (χ1n) is 4.29. The molecule has 1 amide bonds. The molecular weight excluding hydrogens is 214 g/mol. The monoisotopic (exact) mass is 227 g/mol. The quantitative estimate of drug-likeness (QED) is 0.760. The zero-order valence-electron chi connectivity index (χ0n) is 8.65. The van der Waals surface area contributed by atoms with Crippen molar-refractivity contribution in [3.05, 3.63) is 30.0 Å². The maximum Gasteiger partial charge on any atom is 0.251 e. The molecule has 0 fully saturated rings. The van der Waals surface area contributed by atoms with Crippen molar-refractivity contribution in [1.29, 1.82) is 0 Å². The molecule has 15 heavy (non-hydrogen) atoms. The van der Waals surface area contributed by atoms with E-state index in [2.05, 4.69) is 10.3 Å². The van der Waals surface area contributed by atoms with E-state index in [1.807, 2.05) is 6.92 Å². The molecule has 0 saturated carbocycles. The highest BCUT2D eigenvalue weighted by atomic mass is 35.5. The molecule has 0 aliphatic carbocycles. The second kappa shape index (κ2) is 6.03. The van der Waals surface area contributed by atoms with E-state index < -0.39 is 0 Å². The van der Waals surface area contributed by atoms with Gasteiger partial charge in [0.15, 0.2) is 0 Å². The summed E-state index contributed by atoms with van der Waals surface area (Å²) in [7, 11) is 0. The fraction of sp³-hybridized carbons (Fsp3) is 0.200. The van der Waals surface area contributed by atoms with E-state index in [0.29, 0.717) is 17.1 Å². The fourth-order valence-corrected chi connectivity index (χ4v) is 0.840. The zero-order valence-corrected chi connectivity index (χ0v) is 9.47. The molecule has 4 nitrogen and oxygen atoms in total. The van der Waals surface area contributed by atoms with Crippen LogP contribution in [0, 0.1) is 0 Å². The van der Waals surface area contributed by atoms with Gasteiger partial charge in [-0.2, -0.15) is 0 Å². The van der Waals surface area contributed by atoms with Crippen LogP contribution in [0.1, 0.15) is 13.8 Å². The Bertz CT molecular complexity index is 359. The molecule has 5 heteroatoms. The second-order valence-electron chi connectivity index (χ2n) is 2.90. The van der Waals surface area contributed by atoms with E-state index in [1.165, 1.54) is 6.20 Å². The average molecular weight is 228 g/mol. The molecule has 1 aromatic rings. The lowest BCUT2D eigenvalue weighted by Gasteiger charge is -2.04. The van der Waals surface area contributed by atoms with Gasteiger partial charge in [-0.3, -0.25) is 4.79 Å². The van der Waals surface area contributed by atoms with E-state index in [1.54, 1.807) is 25.1 Å². The average Bonchev–Trinajstić information content (AvgIpc) is 2.20. The number of aromatic nitrogens is 1. The summed E-state index contributed by atoms with van der Waals surface area (Å²) in [5.74, 6) is 0.310. The first kappa shape index (κ1) is 13.4. The van der Waals surface area contributed by atoms with Crippen molar-refractivity contribution in [2.24, 2.45) is 0 Å². The summed E-state index contributed by atoms with van der Waals surface area (Å²) in [6.07, 6.45) is 3.27. The Balaban J connectivity index is 0.00000196. The summed E-state index contributed by atoms with van der Waals surface area (Å²) in [5.41, 5.74) is 6.72. The van der Waals surface area contributed by atoms with Gasteiger partial charge < -0.3 is 11.1 Å². The van der Waals surface area contributed by atoms with E-state index in [0.717, 1.165) is 0 Å². The fourth-order valence-electron chi connectivity index (χ4n) is 0.840. The molecule has 1 heterocycles. The largest absolute Gasteiger partial charge is 0.384 e. The minimum absolute atomic E-state index is 0. The van der Waals surface area contributed by atoms with Gasteiger partial charge in [-0.15, -0.1) is 12.4 Å². The maximum absolute atomic E-state index is 11.4. The number of pyridine rings is 1. The molecule has 0 spiro atoms. The minimum atomic E-state index is -0.126. The number of rotatable bonds is 2. The molecule has 0 radical (unpaired) electrons. The number of carbonyl (C=O) groups is 1. The number of nitrogens with two attached hydrogens (primary N) is 1. The minimum Gasteiger partial charge on any atom is -0.384 e. The van der Waals surface area contributed by atoms with Crippen molar-refractivity contribution >= 4 is 29.8 Å². The second-order valence-corrected chi connectivity index (χ2v) is 2.90. The summed E-state index contributed by atoms with van der Waals surface area (Å²) in [6, 6.07) is 3.35. The third kappa shape index (κ3) is 3.99. The lowest BCUT2D eigenvalue weighted by atomic mass is 10.2. The van der Waals surface area contributed by atoms with E-state index in [9.17, 15) is 4.79 Å². The Kier molecular flexibility index (Phi) is 5.41. The Morgan fingerprint density at radius 3 is 2.67 bits per heavy atom. The van der Waals surface area contributed by atoms with Crippen molar-refractivity contribution in [3.8, 4) is 0 Å². The van der Waals surface area contributed by atoms with Crippen LogP contribution in [0.25, 0.3) is 0 Å². The molecule has 3 N–H and O–H groups in total. The molecule has 0 saturated heterocycles. The molecule has 0 atom stereocenters. The summed E-state index contributed by atoms with van der Waals surface area (Å²) >= 11 is 0. The number of allylic oxidation sites excluding steroid dienone is 1. The van der Waals surface area contributed by atoms with Gasteiger partial charge in [-0.1, -0.05) is 6.08 Å². The zero-order chi connectivity index (χ0) is 10.6. The van der Waals surface area contributed by atoms with Gasteiger partial charge in [0.05, 0.1) is 11.9 Å². The van der Waals surface area contributed by atoms with Crippen molar-refractivity contribution in [2.75, 3.05) is 11.1 Å². The van der Waals surface area contributed by atoms with Crippen LogP contribution in [0.15, 0.2) is 30.0 Å². The lowest BCUT2D eigenvalue weighted by molar-refractivity contribution is -0.112. The number of carbonyl (C=O) groups excluding carboxylic acids is 1. The number of halogens is 1. The Morgan fingerprint density at radius 1 is 1.53 bits per heavy atom. The molecule has 1 aromatic heterocycles. The van der Waals surface area contributed by atoms with Crippen LogP contribution < -0.4 is 11.1 Å². The molecule has 0 aliphatic heterocycles. The number of amides is 1. The Hall–Kier alpha value is -1.55. The summed E-state index contributed by atoms with van der Waals surface area (Å²) in [4.78, 5) is 15.3. The maximum atomic E-state index is 11.4. The van der Waals surface area contributed by atoms with Crippen molar-refractivity contribution in [1.82, 2.24) is 4.98 Å². The highest BCUT2D eigenvalue weighted by Gasteiger charge is 2.02. The predicted molar refractivity (Wildman–Crippen MR) is 64.0 cm³/mol. The van der Waals surface area contributed by atoms with E-state index >= 15 is 0 Å². The van der Waals surface area contributed by atoms with Gasteiger partial charge in [-0.25, -0.2) is 4.98 Å².